The number of nitrogens with zero attached hydrogens (tertiary/aromatic N) is 3. The van der Waals surface area contributed by atoms with Gasteiger partial charge >= 0.3 is 0 Å². The third kappa shape index (κ3) is 2.08. The lowest BCUT2D eigenvalue weighted by molar-refractivity contribution is -0.385. The van der Waals surface area contributed by atoms with Crippen LogP contribution in [0.25, 0.3) is 0 Å². The van der Waals surface area contributed by atoms with Crippen molar-refractivity contribution in [3.05, 3.63) is 39.4 Å². The van der Waals surface area contributed by atoms with Gasteiger partial charge in [0, 0.05) is 36.8 Å². The Bertz CT molecular complexity index is 992. The van der Waals surface area contributed by atoms with Gasteiger partial charge in [-0.25, -0.2) is 0 Å². The first-order valence-electron chi connectivity index (χ1n) is 10.9. The van der Waals surface area contributed by atoms with E-state index in [1.165, 1.54) is 31.0 Å². The van der Waals surface area contributed by atoms with E-state index in [0.29, 0.717) is 41.8 Å². The number of fused-ring (bicyclic) bond motifs is 10. The number of hydrogen-bond donors (Lipinski definition) is 0. The highest BCUT2D eigenvalue weighted by Gasteiger charge is 2.62. The van der Waals surface area contributed by atoms with Gasteiger partial charge in [0.1, 0.15) is 5.56 Å². The molecule has 2 amide bonds. The number of carbonyl (C=O) groups is 2. The topological polar surface area (TPSA) is 83.8 Å². The highest BCUT2D eigenvalue weighted by atomic mass is 16.6. The summed E-state index contributed by atoms with van der Waals surface area (Å²) in [4.78, 5) is 41.4. The summed E-state index contributed by atoms with van der Waals surface area (Å²) in [6.07, 6.45) is 4.56. The lowest BCUT2D eigenvalue weighted by atomic mass is 10.0. The molecule has 6 fully saturated rings. The summed E-state index contributed by atoms with van der Waals surface area (Å²) >= 11 is 0. The first-order valence-corrected chi connectivity index (χ1v) is 10.9. The maximum Gasteiger partial charge on any atom is 0.282 e. The van der Waals surface area contributed by atoms with Gasteiger partial charge in [0.25, 0.3) is 17.5 Å². The van der Waals surface area contributed by atoms with E-state index in [9.17, 15) is 19.7 Å². The fourth-order valence-electron chi connectivity index (χ4n) is 7.46. The van der Waals surface area contributed by atoms with Crippen molar-refractivity contribution in [1.29, 1.82) is 0 Å². The Labute approximate surface area is 168 Å². The lowest BCUT2D eigenvalue weighted by Gasteiger charge is -2.28. The summed E-state index contributed by atoms with van der Waals surface area (Å²) in [5.41, 5.74) is 0.309. The Morgan fingerprint density at radius 2 is 1.45 bits per heavy atom. The Kier molecular flexibility index (Phi) is 2.92. The van der Waals surface area contributed by atoms with Crippen LogP contribution in [-0.2, 0) is 0 Å². The quantitative estimate of drug-likeness (QED) is 0.584. The van der Waals surface area contributed by atoms with Crippen molar-refractivity contribution in [3.8, 4) is 0 Å². The summed E-state index contributed by atoms with van der Waals surface area (Å²) in [6.45, 7) is 1.50. The summed E-state index contributed by atoms with van der Waals surface area (Å²) in [5, 5.41) is 11.6. The molecule has 4 bridgehead atoms. The van der Waals surface area contributed by atoms with Crippen LogP contribution in [-0.4, -0.2) is 51.7 Å². The van der Waals surface area contributed by atoms with Crippen LogP contribution in [0.15, 0.2) is 18.2 Å². The minimum atomic E-state index is -0.498. The van der Waals surface area contributed by atoms with Gasteiger partial charge in [0.05, 0.1) is 4.92 Å². The largest absolute Gasteiger partial charge is 0.335 e. The Hall–Kier alpha value is -2.44. The highest BCUT2D eigenvalue weighted by Crippen LogP contribution is 2.62. The number of hydrogen-bond acceptors (Lipinski definition) is 4. The zero-order valence-electron chi connectivity index (χ0n) is 16.1. The van der Waals surface area contributed by atoms with Crippen molar-refractivity contribution in [2.45, 2.75) is 37.8 Å². The number of nitro groups is 1. The normalized spacial score (nSPS) is 42.1. The number of amides is 2. The van der Waals surface area contributed by atoms with E-state index in [1.54, 1.807) is 0 Å². The summed E-state index contributed by atoms with van der Waals surface area (Å²) in [7, 11) is 0. The van der Waals surface area contributed by atoms with Crippen molar-refractivity contribution in [2.24, 2.45) is 35.5 Å². The molecule has 7 rings (SSSR count). The molecule has 6 aliphatic rings. The molecule has 0 N–H and O–H groups in total. The van der Waals surface area contributed by atoms with Gasteiger partial charge in [-0.15, -0.1) is 0 Å². The molecule has 1 aromatic carbocycles. The van der Waals surface area contributed by atoms with E-state index in [0.717, 1.165) is 31.2 Å². The van der Waals surface area contributed by atoms with Crippen LogP contribution in [0, 0.1) is 45.6 Å². The van der Waals surface area contributed by atoms with Gasteiger partial charge in [0.2, 0.25) is 0 Å². The van der Waals surface area contributed by atoms with Gasteiger partial charge in [0.15, 0.2) is 0 Å². The molecule has 0 aromatic heterocycles. The Morgan fingerprint density at radius 3 is 1.97 bits per heavy atom. The summed E-state index contributed by atoms with van der Waals surface area (Å²) in [6, 6.07) is 4.93. The van der Waals surface area contributed by atoms with E-state index in [1.807, 2.05) is 9.80 Å². The van der Waals surface area contributed by atoms with E-state index >= 15 is 0 Å². The van der Waals surface area contributed by atoms with Crippen molar-refractivity contribution < 1.29 is 14.5 Å². The van der Waals surface area contributed by atoms with Crippen LogP contribution < -0.4 is 0 Å². The third-order valence-corrected chi connectivity index (χ3v) is 8.93. The average Bonchev–Trinajstić information content (AvgIpc) is 3.56. The molecule has 29 heavy (non-hydrogen) atoms. The molecule has 2 aliphatic heterocycles. The molecule has 7 heteroatoms. The number of nitro benzene ring substituents is 1. The second kappa shape index (κ2) is 5.18. The molecule has 7 nitrogen and oxygen atoms in total. The van der Waals surface area contributed by atoms with Crippen molar-refractivity contribution >= 4 is 17.5 Å². The molecule has 4 saturated carbocycles. The van der Waals surface area contributed by atoms with Crippen molar-refractivity contribution in [2.75, 3.05) is 13.1 Å². The Balaban J connectivity index is 1.21. The number of likely N-dealkylation sites (tertiary alicyclic amines) is 2. The number of carbonyl (C=O) groups excluding carboxylic acids is 2. The fourth-order valence-corrected chi connectivity index (χ4v) is 7.46. The maximum atomic E-state index is 13.3. The molecule has 0 spiro atoms. The third-order valence-electron chi connectivity index (χ3n) is 8.93. The molecule has 150 valence electrons. The number of rotatable bonds is 3. The van der Waals surface area contributed by atoms with Gasteiger partial charge in [-0.2, -0.15) is 0 Å². The minimum Gasteiger partial charge on any atom is -0.335 e. The van der Waals surface area contributed by atoms with Crippen LogP contribution in [0.2, 0.25) is 0 Å². The van der Waals surface area contributed by atoms with Gasteiger partial charge < -0.3 is 9.80 Å². The standard InChI is InChI=1S/C22H23N3O4/c26-21(23-8-11-4-19(23)15-6-13(11)15)10-1-2-18(25(28)29)17(3-10)22(27)24-9-12-5-20(24)16-7-14(12)16/h1-3,11-16,19-20H,4-9H2/t11-,12-,13-,14-,15-,16-,19-,20-/m0/s1. The maximum absolute atomic E-state index is 13.3. The molecule has 8 atom stereocenters. The molecule has 1 aromatic rings. The van der Waals surface area contributed by atoms with Gasteiger partial charge in [-0.3, -0.25) is 19.7 Å². The van der Waals surface area contributed by atoms with E-state index in [2.05, 4.69) is 0 Å². The number of piperidine rings is 2. The van der Waals surface area contributed by atoms with Crippen LogP contribution in [0.3, 0.4) is 0 Å². The van der Waals surface area contributed by atoms with Crippen molar-refractivity contribution in [1.82, 2.24) is 9.80 Å². The lowest BCUT2D eigenvalue weighted by Crippen LogP contribution is -2.40. The molecular weight excluding hydrogens is 370 g/mol. The van der Waals surface area contributed by atoms with Crippen LogP contribution in [0.5, 0.6) is 0 Å². The minimum absolute atomic E-state index is 0.0722. The molecular formula is C22H23N3O4. The molecule has 4 aliphatic carbocycles. The zero-order chi connectivity index (χ0) is 19.6. The summed E-state index contributed by atoms with van der Waals surface area (Å²) < 4.78 is 0. The fraction of sp³-hybridized carbons (Fsp3) is 0.636. The Morgan fingerprint density at radius 1 is 0.862 bits per heavy atom. The predicted octanol–water partition coefficient (Wildman–Crippen LogP) is 2.56. The summed E-state index contributed by atoms with van der Waals surface area (Å²) in [5.74, 6) is 3.67. The zero-order valence-corrected chi connectivity index (χ0v) is 16.1. The van der Waals surface area contributed by atoms with Crippen LogP contribution in [0.1, 0.15) is 46.4 Å². The van der Waals surface area contributed by atoms with E-state index in [-0.39, 0.29) is 29.1 Å². The predicted molar refractivity (Wildman–Crippen MR) is 102 cm³/mol. The average molecular weight is 393 g/mol. The molecule has 2 saturated heterocycles. The van der Waals surface area contributed by atoms with E-state index in [4.69, 9.17) is 0 Å². The van der Waals surface area contributed by atoms with Crippen LogP contribution in [0.4, 0.5) is 5.69 Å². The van der Waals surface area contributed by atoms with Crippen molar-refractivity contribution in [3.63, 3.8) is 0 Å². The SMILES string of the molecule is O=C(c1ccc([N+](=O)[O-])c(C(=O)N2C[C@@H]3C[C@H]2[C@H]2C[C@@H]32)c1)N1C[C@@H]2C[C@H]1[C@H]1C[C@@H]21. The second-order valence-electron chi connectivity index (χ2n) is 10.2. The van der Waals surface area contributed by atoms with Gasteiger partial charge in [-0.1, -0.05) is 0 Å². The number of benzene rings is 1. The monoisotopic (exact) mass is 393 g/mol. The smallest absolute Gasteiger partial charge is 0.282 e. The molecule has 0 unspecified atom stereocenters. The molecule has 0 radical (unpaired) electrons. The molecule has 2 heterocycles. The first-order chi connectivity index (χ1) is 14.0. The van der Waals surface area contributed by atoms with E-state index < -0.39 is 4.92 Å². The van der Waals surface area contributed by atoms with Crippen LogP contribution >= 0.6 is 0 Å². The highest BCUT2D eigenvalue weighted by molar-refractivity contribution is 6.03. The van der Waals surface area contributed by atoms with Gasteiger partial charge in [-0.05, 0) is 73.3 Å². The second-order valence-corrected chi connectivity index (χ2v) is 10.2. The first kappa shape index (κ1) is 16.4.